The molecular formula is C27H34N2O. The highest BCUT2D eigenvalue weighted by molar-refractivity contribution is 5.86. The van der Waals surface area contributed by atoms with Gasteiger partial charge in [-0.15, -0.1) is 0 Å². The van der Waals surface area contributed by atoms with E-state index in [1.807, 2.05) is 12.4 Å². The Balaban J connectivity index is 1.32. The summed E-state index contributed by atoms with van der Waals surface area (Å²) in [6, 6.07) is 6.84. The van der Waals surface area contributed by atoms with Crippen molar-refractivity contribution in [2.24, 2.45) is 34.5 Å². The zero-order valence-corrected chi connectivity index (χ0v) is 18.3. The minimum Gasteiger partial charge on any atom is -0.393 e. The van der Waals surface area contributed by atoms with Gasteiger partial charge in [0.2, 0.25) is 0 Å². The van der Waals surface area contributed by atoms with Crippen molar-refractivity contribution in [2.45, 2.75) is 71.3 Å². The molecule has 2 aromatic rings. The Morgan fingerprint density at radius 3 is 2.63 bits per heavy atom. The fraction of sp³-hybridized carbons (Fsp3) is 0.630. The van der Waals surface area contributed by atoms with Crippen LogP contribution in [0.5, 0.6) is 0 Å². The molecule has 4 aliphatic rings. The van der Waals surface area contributed by atoms with Gasteiger partial charge in [0.15, 0.2) is 0 Å². The molecule has 1 aromatic carbocycles. The molecule has 30 heavy (non-hydrogen) atoms. The van der Waals surface area contributed by atoms with Gasteiger partial charge in [0.25, 0.3) is 0 Å². The maximum absolute atomic E-state index is 10.3. The minimum atomic E-state index is -0.0502. The number of allylic oxidation sites excluding steroid dienone is 2. The molecular weight excluding hydrogens is 368 g/mol. The van der Waals surface area contributed by atoms with Crippen molar-refractivity contribution in [1.29, 1.82) is 0 Å². The molecule has 0 saturated heterocycles. The Labute approximate surface area is 180 Å². The standard InChI is InChI=1S/C27H34N2O/c1-26-11-9-21(30)14-20(26)5-6-22-24-8-7-23(27(24,2)12-10-25(22)26)17-3-4-18-15-28-29-16-19(18)13-17/h3-4,7,13,15-16,20-22,24-25,30H,5-6,8-12,14H2,1-2H3/t20-,21+,22-,24-,25-,26-,27+/m0/s1. The second-order valence-corrected chi connectivity index (χ2v) is 11.2. The van der Waals surface area contributed by atoms with E-state index in [2.05, 4.69) is 48.3 Å². The van der Waals surface area contributed by atoms with Crippen LogP contribution in [0.2, 0.25) is 0 Å². The minimum absolute atomic E-state index is 0.0502. The Bertz CT molecular complexity index is 1010. The van der Waals surface area contributed by atoms with Crippen molar-refractivity contribution in [3.63, 3.8) is 0 Å². The molecule has 0 bridgehead atoms. The number of rotatable bonds is 1. The zero-order valence-electron chi connectivity index (χ0n) is 18.3. The van der Waals surface area contributed by atoms with E-state index in [1.165, 1.54) is 54.9 Å². The highest BCUT2D eigenvalue weighted by Gasteiger charge is 2.58. The molecule has 6 rings (SSSR count). The number of nitrogens with zero attached hydrogens (tertiary/aromatic N) is 2. The van der Waals surface area contributed by atoms with Crippen LogP contribution in [0.25, 0.3) is 16.3 Å². The van der Waals surface area contributed by atoms with Crippen LogP contribution in [0.4, 0.5) is 0 Å². The smallest absolute Gasteiger partial charge is 0.0574 e. The first-order valence-electron chi connectivity index (χ1n) is 12.1. The van der Waals surface area contributed by atoms with Crippen LogP contribution in [-0.2, 0) is 0 Å². The van der Waals surface area contributed by atoms with Crippen molar-refractivity contribution in [3.05, 3.63) is 42.2 Å². The predicted molar refractivity (Wildman–Crippen MR) is 121 cm³/mol. The molecule has 3 heteroatoms. The molecule has 0 unspecified atom stereocenters. The van der Waals surface area contributed by atoms with Gasteiger partial charge >= 0.3 is 0 Å². The van der Waals surface area contributed by atoms with Crippen molar-refractivity contribution in [1.82, 2.24) is 10.2 Å². The highest BCUT2D eigenvalue weighted by atomic mass is 16.3. The summed E-state index contributed by atoms with van der Waals surface area (Å²) >= 11 is 0. The van der Waals surface area contributed by atoms with Crippen LogP contribution in [0.15, 0.2) is 36.7 Å². The summed E-state index contributed by atoms with van der Waals surface area (Å²) in [6.45, 7) is 5.14. The quantitative estimate of drug-likeness (QED) is 0.634. The van der Waals surface area contributed by atoms with E-state index in [0.717, 1.165) is 36.5 Å². The van der Waals surface area contributed by atoms with Gasteiger partial charge in [0.1, 0.15) is 0 Å². The summed E-state index contributed by atoms with van der Waals surface area (Å²) in [6.07, 6.45) is 16.2. The van der Waals surface area contributed by atoms with Gasteiger partial charge in [-0.25, -0.2) is 0 Å². The van der Waals surface area contributed by atoms with Crippen molar-refractivity contribution >= 4 is 16.3 Å². The third-order valence-electron chi connectivity index (χ3n) is 10.1. The van der Waals surface area contributed by atoms with Gasteiger partial charge in [-0.1, -0.05) is 32.1 Å². The summed E-state index contributed by atoms with van der Waals surface area (Å²) in [5, 5.41) is 20.8. The van der Waals surface area contributed by atoms with Crippen LogP contribution < -0.4 is 0 Å². The Kier molecular flexibility index (Phi) is 4.19. The first kappa shape index (κ1) is 19.0. The lowest BCUT2D eigenvalue weighted by Crippen LogP contribution is -2.53. The first-order chi connectivity index (χ1) is 14.5. The molecule has 0 spiro atoms. The lowest BCUT2D eigenvalue weighted by molar-refractivity contribution is -0.115. The third-order valence-corrected chi connectivity index (χ3v) is 10.1. The topological polar surface area (TPSA) is 46.0 Å². The Morgan fingerprint density at radius 1 is 0.933 bits per heavy atom. The summed E-state index contributed by atoms with van der Waals surface area (Å²) in [5.74, 6) is 3.21. The predicted octanol–water partition coefficient (Wildman–Crippen LogP) is 6.03. The van der Waals surface area contributed by atoms with E-state index in [-0.39, 0.29) is 6.10 Å². The normalized spacial score (nSPS) is 42.9. The SMILES string of the molecule is C[C@]12CC[C@@H](O)C[C@@H]1CC[C@@H]1[C@@H]2CC[C@]2(C)C(c3ccc4cnncc4c3)=CC[C@@H]12. The second kappa shape index (κ2) is 6.63. The van der Waals surface area contributed by atoms with Gasteiger partial charge in [-0.2, -0.15) is 10.2 Å². The summed E-state index contributed by atoms with van der Waals surface area (Å²) < 4.78 is 0. The molecule has 1 N–H and O–H groups in total. The van der Waals surface area contributed by atoms with E-state index in [1.54, 1.807) is 5.57 Å². The van der Waals surface area contributed by atoms with E-state index in [4.69, 9.17) is 0 Å². The van der Waals surface area contributed by atoms with Gasteiger partial charge < -0.3 is 5.11 Å². The molecule has 0 aliphatic heterocycles. The number of aliphatic hydroxyl groups is 1. The maximum Gasteiger partial charge on any atom is 0.0574 e. The summed E-state index contributed by atoms with van der Waals surface area (Å²) in [5.41, 5.74) is 3.72. The Morgan fingerprint density at radius 2 is 1.77 bits per heavy atom. The average Bonchev–Trinajstić information content (AvgIpc) is 3.11. The molecule has 1 aromatic heterocycles. The van der Waals surface area contributed by atoms with E-state index in [0.29, 0.717) is 10.8 Å². The molecule has 158 valence electrons. The molecule has 3 fully saturated rings. The summed E-state index contributed by atoms with van der Waals surface area (Å²) in [4.78, 5) is 0. The van der Waals surface area contributed by atoms with E-state index >= 15 is 0 Å². The first-order valence-corrected chi connectivity index (χ1v) is 12.1. The zero-order chi connectivity index (χ0) is 20.5. The number of benzene rings is 1. The fourth-order valence-electron chi connectivity index (χ4n) is 8.41. The monoisotopic (exact) mass is 402 g/mol. The molecule has 0 radical (unpaired) electrons. The second-order valence-electron chi connectivity index (χ2n) is 11.2. The number of fused-ring (bicyclic) bond motifs is 6. The molecule has 3 saturated carbocycles. The average molecular weight is 403 g/mol. The van der Waals surface area contributed by atoms with Gasteiger partial charge in [0, 0.05) is 10.8 Å². The molecule has 0 amide bonds. The van der Waals surface area contributed by atoms with Gasteiger partial charge in [-0.05, 0) is 103 Å². The highest BCUT2D eigenvalue weighted by Crippen LogP contribution is 2.67. The molecule has 4 aliphatic carbocycles. The van der Waals surface area contributed by atoms with E-state index < -0.39 is 0 Å². The van der Waals surface area contributed by atoms with Crippen LogP contribution in [0.1, 0.15) is 70.8 Å². The number of aromatic nitrogens is 2. The molecule has 3 nitrogen and oxygen atoms in total. The van der Waals surface area contributed by atoms with Gasteiger partial charge in [-0.3, -0.25) is 0 Å². The molecule has 1 heterocycles. The number of hydrogen-bond acceptors (Lipinski definition) is 3. The van der Waals surface area contributed by atoms with Crippen LogP contribution in [-0.4, -0.2) is 21.4 Å². The number of hydrogen-bond donors (Lipinski definition) is 1. The third kappa shape index (κ3) is 2.60. The van der Waals surface area contributed by atoms with Crippen molar-refractivity contribution in [3.8, 4) is 0 Å². The fourth-order valence-corrected chi connectivity index (χ4v) is 8.41. The summed E-state index contributed by atoms with van der Waals surface area (Å²) in [7, 11) is 0. The maximum atomic E-state index is 10.3. The Hall–Kier alpha value is -1.74. The van der Waals surface area contributed by atoms with Crippen LogP contribution in [0.3, 0.4) is 0 Å². The van der Waals surface area contributed by atoms with E-state index in [9.17, 15) is 5.11 Å². The van der Waals surface area contributed by atoms with Crippen LogP contribution >= 0.6 is 0 Å². The lowest BCUT2D eigenvalue weighted by Gasteiger charge is -2.60. The number of aliphatic hydroxyl groups excluding tert-OH is 1. The largest absolute Gasteiger partial charge is 0.393 e. The van der Waals surface area contributed by atoms with Crippen molar-refractivity contribution < 1.29 is 5.11 Å². The van der Waals surface area contributed by atoms with Crippen LogP contribution in [0, 0.1) is 34.5 Å². The lowest BCUT2D eigenvalue weighted by atomic mass is 9.44. The van der Waals surface area contributed by atoms with Gasteiger partial charge in [0.05, 0.1) is 18.5 Å². The molecule has 7 atom stereocenters. The van der Waals surface area contributed by atoms with Crippen molar-refractivity contribution in [2.75, 3.05) is 0 Å².